The highest BCUT2D eigenvalue weighted by atomic mass is 19.4. The molecule has 26 heavy (non-hydrogen) atoms. The van der Waals surface area contributed by atoms with Crippen LogP contribution >= 0.6 is 0 Å². The summed E-state index contributed by atoms with van der Waals surface area (Å²) < 4.78 is 44.0. The van der Waals surface area contributed by atoms with Crippen molar-refractivity contribution >= 4 is 17.3 Å². The highest BCUT2D eigenvalue weighted by Crippen LogP contribution is 2.32. The van der Waals surface area contributed by atoms with Gasteiger partial charge in [0.05, 0.1) is 18.8 Å². The van der Waals surface area contributed by atoms with Gasteiger partial charge in [0.15, 0.2) is 0 Å². The van der Waals surface area contributed by atoms with E-state index in [-0.39, 0.29) is 5.69 Å². The molecule has 0 unspecified atom stereocenters. The van der Waals surface area contributed by atoms with E-state index in [2.05, 4.69) is 10.2 Å². The molecular weight excluding hydrogens is 345 g/mol. The topological polar surface area (TPSA) is 41.6 Å². The zero-order valence-electron chi connectivity index (χ0n) is 14.3. The standard InChI is InChI=1S/C19H19F3N2O2/c1-13-10-15(19(20,21)22)12-16(11-13)23-18(25)14-2-4-17(5-3-14)24-6-8-26-9-7-24/h2-5,10-12H,6-9H2,1H3,(H,23,25). The lowest BCUT2D eigenvalue weighted by atomic mass is 10.1. The lowest BCUT2D eigenvalue weighted by molar-refractivity contribution is -0.137. The third kappa shape index (κ3) is 4.35. The number of hydrogen-bond acceptors (Lipinski definition) is 3. The molecule has 1 N–H and O–H groups in total. The minimum Gasteiger partial charge on any atom is -0.378 e. The molecule has 0 aliphatic carbocycles. The van der Waals surface area contributed by atoms with E-state index in [0.29, 0.717) is 24.3 Å². The number of ether oxygens (including phenoxy) is 1. The Labute approximate surface area is 149 Å². The van der Waals surface area contributed by atoms with Crippen LogP contribution in [0.25, 0.3) is 0 Å². The maximum absolute atomic E-state index is 12.9. The quantitative estimate of drug-likeness (QED) is 0.892. The fourth-order valence-corrected chi connectivity index (χ4v) is 2.87. The minimum atomic E-state index is -4.45. The molecule has 2 aromatic rings. The van der Waals surface area contributed by atoms with Crippen molar-refractivity contribution in [1.82, 2.24) is 0 Å². The van der Waals surface area contributed by atoms with Crippen molar-refractivity contribution in [2.24, 2.45) is 0 Å². The average molecular weight is 364 g/mol. The number of carbonyl (C=O) groups excluding carboxylic acids is 1. The predicted molar refractivity (Wildman–Crippen MR) is 93.6 cm³/mol. The fourth-order valence-electron chi connectivity index (χ4n) is 2.87. The first-order valence-corrected chi connectivity index (χ1v) is 8.26. The Morgan fingerprint density at radius 1 is 1.08 bits per heavy atom. The molecule has 138 valence electrons. The molecule has 1 saturated heterocycles. The molecule has 4 nitrogen and oxygen atoms in total. The average Bonchev–Trinajstić information content (AvgIpc) is 2.61. The van der Waals surface area contributed by atoms with E-state index >= 15 is 0 Å². The molecule has 1 heterocycles. The molecule has 1 fully saturated rings. The zero-order chi connectivity index (χ0) is 18.7. The van der Waals surface area contributed by atoms with Crippen LogP contribution in [-0.4, -0.2) is 32.2 Å². The molecule has 0 radical (unpaired) electrons. The molecule has 0 saturated carbocycles. The summed E-state index contributed by atoms with van der Waals surface area (Å²) in [5, 5.41) is 2.54. The summed E-state index contributed by atoms with van der Waals surface area (Å²) >= 11 is 0. The van der Waals surface area contributed by atoms with E-state index < -0.39 is 17.6 Å². The Balaban J connectivity index is 1.73. The second kappa shape index (κ2) is 7.37. The van der Waals surface area contributed by atoms with Gasteiger partial charge in [-0.15, -0.1) is 0 Å². The van der Waals surface area contributed by atoms with Gasteiger partial charge in [0.1, 0.15) is 0 Å². The predicted octanol–water partition coefficient (Wildman–Crippen LogP) is 4.10. The molecule has 1 aliphatic heterocycles. The van der Waals surface area contributed by atoms with Gasteiger partial charge < -0.3 is 15.0 Å². The number of anilines is 2. The van der Waals surface area contributed by atoms with Crippen LogP contribution in [-0.2, 0) is 10.9 Å². The molecule has 1 amide bonds. The lowest BCUT2D eigenvalue weighted by Gasteiger charge is -2.28. The number of nitrogens with zero attached hydrogens (tertiary/aromatic N) is 1. The lowest BCUT2D eigenvalue weighted by Crippen LogP contribution is -2.36. The van der Waals surface area contributed by atoms with Crippen molar-refractivity contribution in [2.45, 2.75) is 13.1 Å². The van der Waals surface area contributed by atoms with Crippen molar-refractivity contribution in [3.63, 3.8) is 0 Å². The Bertz CT molecular complexity index is 782. The highest BCUT2D eigenvalue weighted by Gasteiger charge is 2.31. The summed E-state index contributed by atoms with van der Waals surface area (Å²) in [6.07, 6.45) is -4.45. The van der Waals surface area contributed by atoms with Crippen molar-refractivity contribution in [2.75, 3.05) is 36.5 Å². The fraction of sp³-hybridized carbons (Fsp3) is 0.316. The number of alkyl halides is 3. The maximum atomic E-state index is 12.9. The van der Waals surface area contributed by atoms with Crippen LogP contribution < -0.4 is 10.2 Å². The van der Waals surface area contributed by atoms with Gasteiger partial charge in [0, 0.05) is 30.0 Å². The number of rotatable bonds is 3. The van der Waals surface area contributed by atoms with E-state index in [9.17, 15) is 18.0 Å². The summed E-state index contributed by atoms with van der Waals surface area (Å²) in [5.74, 6) is -0.447. The Morgan fingerprint density at radius 2 is 1.73 bits per heavy atom. The molecule has 0 atom stereocenters. The number of halogens is 3. The van der Waals surface area contributed by atoms with Crippen LogP contribution in [0.5, 0.6) is 0 Å². The number of amides is 1. The number of benzene rings is 2. The first-order chi connectivity index (χ1) is 12.3. The molecule has 2 aromatic carbocycles. The van der Waals surface area contributed by atoms with Crippen molar-refractivity contribution in [3.8, 4) is 0 Å². The van der Waals surface area contributed by atoms with Gasteiger partial charge in [-0.2, -0.15) is 13.2 Å². The summed E-state index contributed by atoms with van der Waals surface area (Å²) in [4.78, 5) is 14.5. The van der Waals surface area contributed by atoms with E-state index in [1.807, 2.05) is 12.1 Å². The minimum absolute atomic E-state index is 0.125. The molecule has 0 bridgehead atoms. The van der Waals surface area contributed by atoms with Gasteiger partial charge in [0.25, 0.3) is 5.91 Å². The van der Waals surface area contributed by atoms with E-state index in [4.69, 9.17) is 4.74 Å². The van der Waals surface area contributed by atoms with Gasteiger partial charge in [-0.1, -0.05) is 0 Å². The molecule has 0 spiro atoms. The Morgan fingerprint density at radius 3 is 2.35 bits per heavy atom. The van der Waals surface area contributed by atoms with Gasteiger partial charge in [-0.3, -0.25) is 4.79 Å². The number of nitrogens with one attached hydrogen (secondary N) is 1. The first-order valence-electron chi connectivity index (χ1n) is 8.26. The second-order valence-corrected chi connectivity index (χ2v) is 6.19. The van der Waals surface area contributed by atoms with Crippen LogP contribution in [0, 0.1) is 6.92 Å². The summed E-state index contributed by atoms with van der Waals surface area (Å²) in [6, 6.07) is 10.5. The monoisotopic (exact) mass is 364 g/mol. The van der Waals surface area contributed by atoms with Crippen LogP contribution in [0.15, 0.2) is 42.5 Å². The van der Waals surface area contributed by atoms with E-state index in [1.54, 1.807) is 19.1 Å². The van der Waals surface area contributed by atoms with Crippen molar-refractivity contribution in [3.05, 3.63) is 59.2 Å². The van der Waals surface area contributed by atoms with Gasteiger partial charge >= 0.3 is 6.18 Å². The molecular formula is C19H19F3N2O2. The Hall–Kier alpha value is -2.54. The van der Waals surface area contributed by atoms with Crippen molar-refractivity contribution < 1.29 is 22.7 Å². The van der Waals surface area contributed by atoms with Crippen molar-refractivity contribution in [1.29, 1.82) is 0 Å². The Kier molecular flexibility index (Phi) is 5.18. The SMILES string of the molecule is Cc1cc(NC(=O)c2ccc(N3CCOCC3)cc2)cc(C(F)(F)F)c1. The first kappa shape index (κ1) is 18.3. The number of aryl methyl sites for hydroxylation is 1. The van der Waals surface area contributed by atoms with Gasteiger partial charge in [-0.25, -0.2) is 0 Å². The number of hydrogen-bond donors (Lipinski definition) is 1. The van der Waals surface area contributed by atoms with E-state index in [1.165, 1.54) is 6.07 Å². The van der Waals surface area contributed by atoms with Gasteiger partial charge in [-0.05, 0) is 55.0 Å². The molecule has 1 aliphatic rings. The third-order valence-corrected chi connectivity index (χ3v) is 4.17. The van der Waals surface area contributed by atoms with Crippen LogP contribution in [0.3, 0.4) is 0 Å². The number of morpholine rings is 1. The highest BCUT2D eigenvalue weighted by molar-refractivity contribution is 6.04. The van der Waals surface area contributed by atoms with E-state index in [0.717, 1.165) is 30.9 Å². The van der Waals surface area contributed by atoms with Gasteiger partial charge in [0.2, 0.25) is 0 Å². The zero-order valence-corrected chi connectivity index (χ0v) is 14.3. The smallest absolute Gasteiger partial charge is 0.378 e. The number of carbonyl (C=O) groups is 1. The second-order valence-electron chi connectivity index (χ2n) is 6.19. The molecule has 3 rings (SSSR count). The van der Waals surface area contributed by atoms with Crippen LogP contribution in [0.1, 0.15) is 21.5 Å². The summed E-state index contributed by atoms with van der Waals surface area (Å²) in [5.41, 5.74) is 1.14. The molecule has 0 aromatic heterocycles. The summed E-state index contributed by atoms with van der Waals surface area (Å²) in [6.45, 7) is 4.46. The maximum Gasteiger partial charge on any atom is 0.416 e. The van der Waals surface area contributed by atoms with Crippen LogP contribution in [0.4, 0.5) is 24.5 Å². The van der Waals surface area contributed by atoms with Crippen LogP contribution in [0.2, 0.25) is 0 Å². The third-order valence-electron chi connectivity index (χ3n) is 4.17. The molecule has 7 heteroatoms. The largest absolute Gasteiger partial charge is 0.416 e. The normalized spacial score (nSPS) is 15.0. The summed E-state index contributed by atoms with van der Waals surface area (Å²) in [7, 11) is 0.